The number of pyridine rings is 1. The molecule has 0 radical (unpaired) electrons. The van der Waals surface area contributed by atoms with Crippen molar-refractivity contribution in [2.45, 2.75) is 33.6 Å². The molecule has 0 spiro atoms. The fourth-order valence-electron chi connectivity index (χ4n) is 2.62. The Bertz CT molecular complexity index is 720. The third kappa shape index (κ3) is 5.14. The molecule has 0 fully saturated rings. The van der Waals surface area contributed by atoms with E-state index in [1.54, 1.807) is 31.5 Å². The molecule has 0 saturated carbocycles. The highest BCUT2D eigenvalue weighted by Gasteiger charge is 2.15. The minimum atomic E-state index is 0.00628. The number of carbonyl (C=O) groups is 2. The largest absolute Gasteiger partial charge is 0.354 e. The molecule has 0 saturated heterocycles. The first-order valence-electron chi connectivity index (χ1n) is 8.67. The van der Waals surface area contributed by atoms with Crippen LogP contribution in [0.4, 0.5) is 11.4 Å². The van der Waals surface area contributed by atoms with Gasteiger partial charge in [0.2, 0.25) is 0 Å². The van der Waals surface area contributed by atoms with Crippen molar-refractivity contribution >= 4 is 23.1 Å². The summed E-state index contributed by atoms with van der Waals surface area (Å²) in [6, 6.07) is 9.04. The Morgan fingerprint density at radius 2 is 1.60 bits per heavy atom. The molecular weight excluding hydrogens is 314 g/mol. The molecule has 0 bridgehead atoms. The molecule has 0 aliphatic heterocycles. The van der Waals surface area contributed by atoms with Crippen LogP contribution >= 0.6 is 0 Å². The van der Waals surface area contributed by atoms with E-state index in [9.17, 15) is 9.59 Å². The number of rotatable bonds is 8. The van der Waals surface area contributed by atoms with Crippen molar-refractivity contribution in [1.82, 2.24) is 9.88 Å². The molecule has 5 heteroatoms. The van der Waals surface area contributed by atoms with Crippen LogP contribution in [0.25, 0.3) is 0 Å². The van der Waals surface area contributed by atoms with Gasteiger partial charge >= 0.3 is 0 Å². The lowest BCUT2D eigenvalue weighted by Crippen LogP contribution is -2.32. The van der Waals surface area contributed by atoms with Gasteiger partial charge in [0.15, 0.2) is 5.78 Å². The monoisotopic (exact) mass is 339 g/mol. The summed E-state index contributed by atoms with van der Waals surface area (Å²) in [5.74, 6) is 0.0412. The van der Waals surface area contributed by atoms with Crippen molar-refractivity contribution in [1.29, 1.82) is 0 Å². The maximum absolute atomic E-state index is 12.7. The zero-order chi connectivity index (χ0) is 18.2. The number of hydrogen-bond donors (Lipinski definition) is 1. The molecule has 1 N–H and O–H groups in total. The van der Waals surface area contributed by atoms with Crippen LogP contribution in [0.15, 0.2) is 42.7 Å². The van der Waals surface area contributed by atoms with Gasteiger partial charge in [0, 0.05) is 30.5 Å². The van der Waals surface area contributed by atoms with Gasteiger partial charge < -0.3 is 10.2 Å². The van der Waals surface area contributed by atoms with E-state index in [4.69, 9.17) is 0 Å². The molecule has 0 aliphatic carbocycles. The Kier molecular flexibility index (Phi) is 6.69. The number of nitrogens with one attached hydrogen (secondary N) is 1. The van der Waals surface area contributed by atoms with Crippen molar-refractivity contribution in [2.75, 3.05) is 18.4 Å². The van der Waals surface area contributed by atoms with Gasteiger partial charge in [-0.3, -0.25) is 14.6 Å². The van der Waals surface area contributed by atoms with E-state index in [2.05, 4.69) is 24.1 Å². The van der Waals surface area contributed by atoms with Crippen molar-refractivity contribution in [3.63, 3.8) is 0 Å². The summed E-state index contributed by atoms with van der Waals surface area (Å²) in [4.78, 5) is 30.1. The van der Waals surface area contributed by atoms with Crippen LogP contribution in [0, 0.1) is 0 Å². The Labute approximate surface area is 149 Å². The van der Waals surface area contributed by atoms with Crippen molar-refractivity contribution < 1.29 is 9.59 Å². The number of carbonyl (C=O) groups excluding carboxylic acids is 2. The highest BCUT2D eigenvalue weighted by molar-refractivity contribution is 5.95. The summed E-state index contributed by atoms with van der Waals surface area (Å²) in [6.07, 6.45) is 5.14. The van der Waals surface area contributed by atoms with Crippen LogP contribution < -0.4 is 5.32 Å². The Hall–Kier alpha value is -2.69. The van der Waals surface area contributed by atoms with E-state index >= 15 is 0 Å². The lowest BCUT2D eigenvalue weighted by Gasteiger charge is -2.21. The normalized spacial score (nSPS) is 10.4. The van der Waals surface area contributed by atoms with E-state index in [1.165, 1.54) is 0 Å². The van der Waals surface area contributed by atoms with Crippen molar-refractivity contribution in [2.24, 2.45) is 0 Å². The predicted octanol–water partition coefficient (Wildman–Crippen LogP) is 4.29. The molecule has 5 nitrogen and oxygen atoms in total. The minimum Gasteiger partial charge on any atom is -0.354 e. The number of aromatic nitrogens is 1. The van der Waals surface area contributed by atoms with Crippen LogP contribution in [-0.4, -0.2) is 34.7 Å². The summed E-state index contributed by atoms with van der Waals surface area (Å²) in [5.41, 5.74) is 2.83. The van der Waals surface area contributed by atoms with Crippen LogP contribution in [0.1, 0.15) is 54.3 Å². The van der Waals surface area contributed by atoms with Gasteiger partial charge in [0.1, 0.15) is 0 Å². The lowest BCUT2D eigenvalue weighted by molar-refractivity contribution is 0.0755. The SMILES string of the molecule is CCCN(CCC)C(=O)c1cncc(Nc2ccc(C(C)=O)cc2)c1. The highest BCUT2D eigenvalue weighted by atomic mass is 16.2. The van der Waals surface area contributed by atoms with Crippen molar-refractivity contribution in [3.8, 4) is 0 Å². The molecule has 25 heavy (non-hydrogen) atoms. The van der Waals surface area contributed by atoms with Crippen LogP contribution in [0.5, 0.6) is 0 Å². The number of amides is 1. The zero-order valence-electron chi connectivity index (χ0n) is 15.1. The molecule has 2 aromatic rings. The number of benzene rings is 1. The van der Waals surface area contributed by atoms with E-state index < -0.39 is 0 Å². The van der Waals surface area contributed by atoms with Crippen molar-refractivity contribution in [3.05, 3.63) is 53.9 Å². The molecule has 132 valence electrons. The Balaban J connectivity index is 2.14. The molecule has 1 aromatic heterocycles. The number of hydrogen-bond acceptors (Lipinski definition) is 4. The van der Waals surface area contributed by atoms with Gasteiger partial charge in [-0.1, -0.05) is 13.8 Å². The first-order chi connectivity index (χ1) is 12.0. The molecule has 1 heterocycles. The molecule has 0 aliphatic rings. The molecule has 0 atom stereocenters. The third-order valence-electron chi connectivity index (χ3n) is 3.84. The van der Waals surface area contributed by atoms with Gasteiger partial charge in [0.25, 0.3) is 5.91 Å². The lowest BCUT2D eigenvalue weighted by atomic mass is 10.1. The topological polar surface area (TPSA) is 62.3 Å². The number of anilines is 2. The average molecular weight is 339 g/mol. The van der Waals surface area contributed by atoms with Crippen LogP contribution in [0.2, 0.25) is 0 Å². The minimum absolute atomic E-state index is 0.00628. The smallest absolute Gasteiger partial charge is 0.255 e. The summed E-state index contributed by atoms with van der Waals surface area (Å²) in [7, 11) is 0. The maximum atomic E-state index is 12.7. The number of ketones is 1. The molecular formula is C20H25N3O2. The van der Waals surface area contributed by atoms with E-state index in [0.29, 0.717) is 11.1 Å². The van der Waals surface area contributed by atoms with E-state index in [-0.39, 0.29) is 11.7 Å². The second-order valence-corrected chi connectivity index (χ2v) is 6.01. The Morgan fingerprint density at radius 1 is 0.960 bits per heavy atom. The molecule has 1 aromatic carbocycles. The van der Waals surface area contributed by atoms with Gasteiger partial charge in [-0.15, -0.1) is 0 Å². The summed E-state index contributed by atoms with van der Waals surface area (Å²) in [6.45, 7) is 7.17. The summed E-state index contributed by atoms with van der Waals surface area (Å²) >= 11 is 0. The van der Waals surface area contributed by atoms with E-state index in [1.807, 2.05) is 23.1 Å². The van der Waals surface area contributed by atoms with Gasteiger partial charge in [0.05, 0.1) is 17.4 Å². The number of nitrogens with zero attached hydrogens (tertiary/aromatic N) is 2. The fraction of sp³-hybridized carbons (Fsp3) is 0.350. The zero-order valence-corrected chi connectivity index (χ0v) is 15.1. The highest BCUT2D eigenvalue weighted by Crippen LogP contribution is 2.18. The standard InChI is InChI=1S/C20H25N3O2/c1-4-10-23(11-5-2)20(25)17-12-19(14-21-13-17)22-18-8-6-16(7-9-18)15(3)24/h6-9,12-14,22H,4-5,10-11H2,1-3H3. The first-order valence-corrected chi connectivity index (χ1v) is 8.67. The molecule has 0 unspecified atom stereocenters. The average Bonchev–Trinajstić information content (AvgIpc) is 2.61. The fourth-order valence-corrected chi connectivity index (χ4v) is 2.62. The van der Waals surface area contributed by atoms with E-state index in [0.717, 1.165) is 37.3 Å². The van der Waals surface area contributed by atoms with Crippen LogP contribution in [-0.2, 0) is 0 Å². The Morgan fingerprint density at radius 3 is 2.16 bits per heavy atom. The summed E-state index contributed by atoms with van der Waals surface area (Å²) < 4.78 is 0. The first kappa shape index (κ1) is 18.6. The number of Topliss-reactive ketones (excluding diaryl/α,β-unsaturated/α-hetero) is 1. The van der Waals surface area contributed by atoms with Crippen LogP contribution in [0.3, 0.4) is 0 Å². The van der Waals surface area contributed by atoms with Gasteiger partial charge in [-0.25, -0.2) is 0 Å². The molecule has 2 rings (SSSR count). The predicted molar refractivity (Wildman–Crippen MR) is 100 cm³/mol. The van der Waals surface area contributed by atoms with Gasteiger partial charge in [-0.05, 0) is 50.1 Å². The van der Waals surface area contributed by atoms with Gasteiger partial charge in [-0.2, -0.15) is 0 Å². The quantitative estimate of drug-likeness (QED) is 0.729. The summed E-state index contributed by atoms with van der Waals surface area (Å²) in [5, 5.41) is 3.22. The maximum Gasteiger partial charge on any atom is 0.255 e. The molecule has 1 amide bonds. The second-order valence-electron chi connectivity index (χ2n) is 6.01. The second kappa shape index (κ2) is 8.97. The third-order valence-corrected chi connectivity index (χ3v) is 3.84.